The second kappa shape index (κ2) is 8.82. The Hall–Kier alpha value is -1.27. The van der Waals surface area contributed by atoms with Gasteiger partial charge in [-0.05, 0) is 69.2 Å². The Labute approximate surface area is 168 Å². The fourth-order valence-electron chi connectivity index (χ4n) is 5.97. The second-order valence-electron chi connectivity index (χ2n) is 8.92. The van der Waals surface area contributed by atoms with Gasteiger partial charge in [0.05, 0.1) is 0 Å². The molecule has 0 saturated heterocycles. The summed E-state index contributed by atoms with van der Waals surface area (Å²) in [5.41, 5.74) is 1.31. The number of hydrogen-bond donors (Lipinski definition) is 4. The van der Waals surface area contributed by atoms with Gasteiger partial charge < -0.3 is 21.3 Å². The van der Waals surface area contributed by atoms with Gasteiger partial charge in [0.2, 0.25) is 5.91 Å². The zero-order valence-corrected chi connectivity index (χ0v) is 16.8. The van der Waals surface area contributed by atoms with Gasteiger partial charge in [0.25, 0.3) is 0 Å². The molecule has 4 fully saturated rings. The van der Waals surface area contributed by atoms with Gasteiger partial charge in [0.1, 0.15) is 0 Å². The zero-order valence-electron chi connectivity index (χ0n) is 16.0. The number of carbonyl (C=O) groups is 2. The van der Waals surface area contributed by atoms with Crippen LogP contribution in [0.5, 0.6) is 0 Å². The van der Waals surface area contributed by atoms with Gasteiger partial charge in [-0.2, -0.15) is 0 Å². The van der Waals surface area contributed by atoms with Crippen LogP contribution >= 0.6 is 12.4 Å². The Morgan fingerprint density at radius 3 is 2.33 bits per heavy atom. The van der Waals surface area contributed by atoms with Gasteiger partial charge in [-0.1, -0.05) is 11.6 Å². The molecule has 4 aliphatic carbocycles. The van der Waals surface area contributed by atoms with Gasteiger partial charge in [0.15, 0.2) is 0 Å². The van der Waals surface area contributed by atoms with Crippen LogP contribution in [0, 0.1) is 17.8 Å². The highest BCUT2D eigenvalue weighted by Gasteiger charge is 2.51. The van der Waals surface area contributed by atoms with Gasteiger partial charge >= 0.3 is 6.03 Å². The predicted molar refractivity (Wildman–Crippen MR) is 108 cm³/mol. The highest BCUT2D eigenvalue weighted by molar-refractivity contribution is 5.85. The molecule has 4 bridgehead atoms. The summed E-state index contributed by atoms with van der Waals surface area (Å²) in [6.07, 6.45) is 11.0. The first-order chi connectivity index (χ1) is 12.6. The van der Waals surface area contributed by atoms with E-state index in [9.17, 15) is 9.59 Å². The maximum absolute atomic E-state index is 12.3. The molecule has 5 aliphatic rings. The molecule has 0 atom stereocenters. The molecule has 4 N–H and O–H groups in total. The summed E-state index contributed by atoms with van der Waals surface area (Å²) in [4.78, 5) is 24.3. The van der Waals surface area contributed by atoms with Crippen molar-refractivity contribution in [3.8, 4) is 0 Å². The molecule has 0 unspecified atom stereocenters. The third-order valence-electron chi connectivity index (χ3n) is 6.73. The average molecular weight is 397 g/mol. The topological polar surface area (TPSA) is 82.3 Å². The molecule has 0 radical (unpaired) electrons. The van der Waals surface area contributed by atoms with Crippen LogP contribution in [0.1, 0.15) is 51.4 Å². The lowest BCUT2D eigenvalue weighted by Gasteiger charge is -2.56. The van der Waals surface area contributed by atoms with Crippen molar-refractivity contribution >= 4 is 24.3 Å². The minimum absolute atomic E-state index is 0. The number of rotatable bonds is 6. The highest BCUT2D eigenvalue weighted by atomic mass is 35.5. The quantitative estimate of drug-likeness (QED) is 0.519. The molecule has 0 spiro atoms. The number of hydrogen-bond acceptors (Lipinski definition) is 3. The minimum Gasteiger partial charge on any atom is -0.352 e. The van der Waals surface area contributed by atoms with E-state index in [2.05, 4.69) is 27.3 Å². The van der Waals surface area contributed by atoms with E-state index < -0.39 is 0 Å². The van der Waals surface area contributed by atoms with Gasteiger partial charge in [-0.15, -0.1) is 12.4 Å². The maximum Gasteiger partial charge on any atom is 0.315 e. The molecule has 0 aromatic heterocycles. The third kappa shape index (κ3) is 5.17. The largest absolute Gasteiger partial charge is 0.352 e. The molecule has 0 aromatic rings. The van der Waals surface area contributed by atoms with Gasteiger partial charge in [0, 0.05) is 31.6 Å². The number of urea groups is 1. The van der Waals surface area contributed by atoms with Crippen LogP contribution in [0.25, 0.3) is 0 Å². The molecule has 152 valence electrons. The summed E-state index contributed by atoms with van der Waals surface area (Å²) in [6, 6.07) is -0.0965. The summed E-state index contributed by atoms with van der Waals surface area (Å²) in [5.74, 6) is 2.45. The fraction of sp³-hybridized carbons (Fsp3) is 0.800. The maximum atomic E-state index is 12.3. The fourth-order valence-corrected chi connectivity index (χ4v) is 5.97. The summed E-state index contributed by atoms with van der Waals surface area (Å²) in [6.45, 7) is 2.88. The summed E-state index contributed by atoms with van der Waals surface area (Å²) in [5, 5.41) is 12.4. The molecule has 1 aliphatic heterocycles. The summed E-state index contributed by atoms with van der Waals surface area (Å²) in [7, 11) is 0. The van der Waals surface area contributed by atoms with Crippen molar-refractivity contribution in [3.05, 3.63) is 11.6 Å². The third-order valence-corrected chi connectivity index (χ3v) is 6.73. The minimum atomic E-state index is -0.0965. The van der Waals surface area contributed by atoms with Crippen molar-refractivity contribution in [2.45, 2.75) is 56.9 Å². The van der Waals surface area contributed by atoms with Crippen molar-refractivity contribution in [3.63, 3.8) is 0 Å². The average Bonchev–Trinajstić information content (AvgIpc) is 2.59. The van der Waals surface area contributed by atoms with E-state index in [1.165, 1.54) is 24.8 Å². The summed E-state index contributed by atoms with van der Waals surface area (Å²) < 4.78 is 0. The van der Waals surface area contributed by atoms with Crippen molar-refractivity contribution in [2.24, 2.45) is 17.8 Å². The van der Waals surface area contributed by atoms with Crippen LogP contribution in [0.3, 0.4) is 0 Å². The van der Waals surface area contributed by atoms with E-state index >= 15 is 0 Å². The summed E-state index contributed by atoms with van der Waals surface area (Å²) >= 11 is 0. The van der Waals surface area contributed by atoms with Gasteiger partial charge in [-0.25, -0.2) is 4.79 Å². The Morgan fingerprint density at radius 1 is 1.07 bits per heavy atom. The van der Waals surface area contributed by atoms with Crippen LogP contribution < -0.4 is 21.3 Å². The zero-order chi connectivity index (χ0) is 18.0. The van der Waals surface area contributed by atoms with E-state index in [0.717, 1.165) is 56.5 Å². The first kappa shape index (κ1) is 20.5. The Kier molecular flexibility index (Phi) is 6.69. The number of halogens is 1. The lowest BCUT2D eigenvalue weighted by Crippen LogP contribution is -2.61. The van der Waals surface area contributed by atoms with Crippen LogP contribution in [0.15, 0.2) is 11.6 Å². The van der Waals surface area contributed by atoms with Crippen LogP contribution in [0.2, 0.25) is 0 Å². The first-order valence-corrected chi connectivity index (χ1v) is 10.3. The number of nitrogens with one attached hydrogen (secondary N) is 4. The van der Waals surface area contributed by atoms with E-state index in [4.69, 9.17) is 0 Å². The van der Waals surface area contributed by atoms with Crippen LogP contribution in [0.4, 0.5) is 4.79 Å². The standard InChI is InChI=1S/C20H32N4O2.ClH/c25-18(23-13-14-1-4-21-5-2-14)3-6-22-19(26)24-20-10-15-7-16(11-20)9-17(8-15)12-20;/h1,15-17,21H,2-13H2,(H,23,25)(H2,22,24,26);1H. The molecule has 0 aromatic carbocycles. The first-order valence-electron chi connectivity index (χ1n) is 10.3. The Bertz CT molecular complexity index is 557. The van der Waals surface area contributed by atoms with Crippen LogP contribution in [-0.2, 0) is 4.79 Å². The molecule has 3 amide bonds. The molecular formula is C20H33ClN4O2. The van der Waals surface area contributed by atoms with Crippen molar-refractivity contribution in [2.75, 3.05) is 26.2 Å². The number of amides is 3. The van der Waals surface area contributed by atoms with E-state index in [0.29, 0.717) is 19.5 Å². The molecule has 27 heavy (non-hydrogen) atoms. The van der Waals surface area contributed by atoms with E-state index in [1.807, 2.05) is 0 Å². The van der Waals surface area contributed by atoms with Crippen molar-refractivity contribution < 1.29 is 9.59 Å². The molecule has 4 saturated carbocycles. The Balaban J connectivity index is 0.00000210. The molecule has 1 heterocycles. The highest BCUT2D eigenvalue weighted by Crippen LogP contribution is 2.55. The predicted octanol–water partition coefficient (Wildman–Crippen LogP) is 2.10. The molecule has 5 rings (SSSR count). The van der Waals surface area contributed by atoms with Crippen molar-refractivity contribution in [1.82, 2.24) is 21.3 Å². The van der Waals surface area contributed by atoms with E-state index in [-0.39, 0.29) is 29.9 Å². The van der Waals surface area contributed by atoms with Gasteiger partial charge in [-0.3, -0.25) is 4.79 Å². The molecule has 6 nitrogen and oxygen atoms in total. The van der Waals surface area contributed by atoms with Crippen LogP contribution in [-0.4, -0.2) is 43.7 Å². The molecular weight excluding hydrogens is 364 g/mol. The smallest absolute Gasteiger partial charge is 0.315 e. The van der Waals surface area contributed by atoms with E-state index in [1.54, 1.807) is 0 Å². The lowest BCUT2D eigenvalue weighted by molar-refractivity contribution is -0.120. The van der Waals surface area contributed by atoms with Crippen molar-refractivity contribution in [1.29, 1.82) is 0 Å². The second-order valence-corrected chi connectivity index (χ2v) is 8.92. The lowest BCUT2D eigenvalue weighted by atomic mass is 9.53. The molecule has 7 heteroatoms. The normalized spacial score (nSPS) is 33.6. The SMILES string of the molecule is Cl.O=C(CCNC(=O)NC12CC3CC(CC(C3)C1)C2)NCC1=CCNCC1. The monoisotopic (exact) mass is 396 g/mol. The number of carbonyl (C=O) groups excluding carboxylic acids is 2. The Morgan fingerprint density at radius 2 is 1.74 bits per heavy atom.